The van der Waals surface area contributed by atoms with Gasteiger partial charge in [0.2, 0.25) is 0 Å². The quantitative estimate of drug-likeness (QED) is 0.639. The second-order valence-corrected chi connectivity index (χ2v) is 3.69. The van der Waals surface area contributed by atoms with E-state index in [1.165, 1.54) is 6.20 Å². The molecule has 0 spiro atoms. The van der Waals surface area contributed by atoms with Crippen LogP contribution < -0.4 is 10.9 Å². The zero-order chi connectivity index (χ0) is 12.8. The van der Waals surface area contributed by atoms with Gasteiger partial charge in [-0.25, -0.2) is 9.97 Å². The van der Waals surface area contributed by atoms with Crippen LogP contribution >= 0.6 is 0 Å². The number of aromatic amines is 2. The summed E-state index contributed by atoms with van der Waals surface area (Å²) in [7, 11) is 0. The van der Waals surface area contributed by atoms with E-state index in [1.54, 1.807) is 12.4 Å². The van der Waals surface area contributed by atoms with E-state index < -0.39 is 0 Å². The fourth-order valence-electron chi connectivity index (χ4n) is 1.45. The third-order valence-electron chi connectivity index (χ3n) is 2.34. The van der Waals surface area contributed by atoms with E-state index in [9.17, 15) is 9.59 Å². The molecule has 2 heterocycles. The molecule has 0 aromatic carbocycles. The fourth-order valence-corrected chi connectivity index (χ4v) is 1.45. The minimum Gasteiger partial charge on any atom is -0.351 e. The normalized spacial score (nSPS) is 10.2. The van der Waals surface area contributed by atoms with Crippen molar-refractivity contribution in [3.05, 3.63) is 46.7 Å². The van der Waals surface area contributed by atoms with Crippen molar-refractivity contribution in [1.82, 2.24) is 25.3 Å². The van der Waals surface area contributed by atoms with Gasteiger partial charge in [0.15, 0.2) is 0 Å². The molecule has 7 nitrogen and oxygen atoms in total. The Morgan fingerprint density at radius 2 is 2.22 bits per heavy atom. The molecule has 0 aliphatic rings. The number of imidazole rings is 1. The highest BCUT2D eigenvalue weighted by molar-refractivity contribution is 5.91. The number of H-pyrrole nitrogens is 2. The van der Waals surface area contributed by atoms with Crippen LogP contribution in [0.15, 0.2) is 29.6 Å². The summed E-state index contributed by atoms with van der Waals surface area (Å²) in [5, 5.41) is 2.72. The molecule has 0 fully saturated rings. The van der Waals surface area contributed by atoms with Gasteiger partial charge in [-0.3, -0.25) is 9.59 Å². The highest BCUT2D eigenvalue weighted by Crippen LogP contribution is 1.94. The third-order valence-corrected chi connectivity index (χ3v) is 2.34. The van der Waals surface area contributed by atoms with E-state index in [-0.39, 0.29) is 17.2 Å². The molecule has 0 aliphatic heterocycles. The zero-order valence-electron chi connectivity index (χ0n) is 9.64. The Kier molecular flexibility index (Phi) is 3.85. The lowest BCUT2D eigenvalue weighted by molar-refractivity contribution is 0.0947. The number of hydrogen-bond donors (Lipinski definition) is 3. The van der Waals surface area contributed by atoms with Crippen LogP contribution in [0, 0.1) is 0 Å². The van der Waals surface area contributed by atoms with Gasteiger partial charge in [0.1, 0.15) is 11.5 Å². The molecule has 2 aromatic rings. The van der Waals surface area contributed by atoms with Crippen molar-refractivity contribution in [1.29, 1.82) is 0 Å². The molecule has 3 N–H and O–H groups in total. The van der Waals surface area contributed by atoms with Crippen LogP contribution in [0.3, 0.4) is 0 Å². The van der Waals surface area contributed by atoms with Gasteiger partial charge in [-0.1, -0.05) is 0 Å². The Balaban J connectivity index is 1.75. The number of carbonyl (C=O) groups excluding carboxylic acids is 1. The highest BCUT2D eigenvalue weighted by Gasteiger charge is 2.05. The topological polar surface area (TPSA) is 104 Å². The number of carbonyl (C=O) groups is 1. The fraction of sp³-hybridized carbons (Fsp3) is 0.273. The summed E-state index contributed by atoms with van der Waals surface area (Å²) >= 11 is 0. The maximum Gasteiger partial charge on any atom is 0.271 e. The molecule has 0 bridgehead atoms. The molecule has 0 atom stereocenters. The van der Waals surface area contributed by atoms with Crippen molar-refractivity contribution in [3.63, 3.8) is 0 Å². The van der Waals surface area contributed by atoms with Crippen molar-refractivity contribution < 1.29 is 4.79 Å². The molecule has 18 heavy (non-hydrogen) atoms. The first-order valence-corrected chi connectivity index (χ1v) is 5.57. The molecule has 2 aromatic heterocycles. The van der Waals surface area contributed by atoms with Crippen LogP contribution in [-0.2, 0) is 6.42 Å². The first kappa shape index (κ1) is 12.0. The molecule has 94 valence electrons. The number of aryl methyl sites for hydroxylation is 1. The average molecular weight is 247 g/mol. The molecule has 0 unspecified atom stereocenters. The van der Waals surface area contributed by atoms with Gasteiger partial charge in [0, 0.05) is 31.6 Å². The number of hydrogen-bond acceptors (Lipinski definition) is 4. The standard InChI is InChI=1S/C11H13N5O2/c17-10-7-15-8(6-16-10)11(18)14-3-1-2-9-12-4-5-13-9/h4-7H,1-3H2,(H,12,13)(H,14,18)(H,16,17). The number of rotatable bonds is 5. The lowest BCUT2D eigenvalue weighted by Crippen LogP contribution is -2.26. The summed E-state index contributed by atoms with van der Waals surface area (Å²) in [5.41, 5.74) is -0.128. The Morgan fingerprint density at radius 1 is 1.33 bits per heavy atom. The summed E-state index contributed by atoms with van der Waals surface area (Å²) in [4.78, 5) is 35.6. The number of amides is 1. The summed E-state index contributed by atoms with van der Waals surface area (Å²) in [5.74, 6) is 0.595. The summed E-state index contributed by atoms with van der Waals surface area (Å²) in [6.07, 6.45) is 7.38. The van der Waals surface area contributed by atoms with Gasteiger partial charge in [0.25, 0.3) is 11.5 Å². The van der Waals surface area contributed by atoms with Crippen molar-refractivity contribution in [2.24, 2.45) is 0 Å². The van der Waals surface area contributed by atoms with E-state index in [1.807, 2.05) is 0 Å². The largest absolute Gasteiger partial charge is 0.351 e. The van der Waals surface area contributed by atoms with Crippen LogP contribution in [0.1, 0.15) is 22.7 Å². The summed E-state index contributed by atoms with van der Waals surface area (Å²) in [6, 6.07) is 0. The Morgan fingerprint density at radius 3 is 2.89 bits per heavy atom. The average Bonchev–Trinajstić information content (AvgIpc) is 2.88. The molecular formula is C11H13N5O2. The van der Waals surface area contributed by atoms with E-state index in [4.69, 9.17) is 0 Å². The first-order chi connectivity index (χ1) is 8.75. The van der Waals surface area contributed by atoms with Crippen molar-refractivity contribution in [3.8, 4) is 0 Å². The second kappa shape index (κ2) is 5.76. The van der Waals surface area contributed by atoms with Crippen molar-refractivity contribution >= 4 is 5.91 Å². The molecule has 0 saturated heterocycles. The van der Waals surface area contributed by atoms with Gasteiger partial charge in [-0.2, -0.15) is 0 Å². The molecule has 1 amide bonds. The number of nitrogens with one attached hydrogen (secondary N) is 3. The van der Waals surface area contributed by atoms with E-state index >= 15 is 0 Å². The summed E-state index contributed by atoms with van der Waals surface area (Å²) < 4.78 is 0. The molecule has 0 radical (unpaired) electrons. The van der Waals surface area contributed by atoms with Gasteiger partial charge < -0.3 is 15.3 Å². The minimum absolute atomic E-state index is 0.201. The maximum atomic E-state index is 11.6. The SMILES string of the molecule is O=C(NCCCc1ncc[nH]1)c1c[nH]c(=O)cn1. The van der Waals surface area contributed by atoms with Gasteiger partial charge >= 0.3 is 0 Å². The maximum absolute atomic E-state index is 11.6. The van der Waals surface area contributed by atoms with Gasteiger partial charge in [-0.15, -0.1) is 0 Å². The molecule has 0 aliphatic carbocycles. The smallest absolute Gasteiger partial charge is 0.271 e. The lowest BCUT2D eigenvalue weighted by Gasteiger charge is -2.03. The minimum atomic E-state index is -0.329. The molecule has 7 heteroatoms. The van der Waals surface area contributed by atoms with Gasteiger partial charge in [-0.05, 0) is 6.42 Å². The van der Waals surface area contributed by atoms with Crippen molar-refractivity contribution in [2.45, 2.75) is 12.8 Å². The van der Waals surface area contributed by atoms with E-state index in [0.717, 1.165) is 24.9 Å². The summed E-state index contributed by atoms with van der Waals surface area (Å²) in [6.45, 7) is 0.528. The lowest BCUT2D eigenvalue weighted by atomic mass is 10.3. The Bertz CT molecular complexity index is 541. The van der Waals surface area contributed by atoms with Crippen LogP contribution in [0.25, 0.3) is 0 Å². The van der Waals surface area contributed by atoms with Crippen LogP contribution in [-0.4, -0.2) is 32.4 Å². The predicted octanol–water partition coefficient (Wildman–Crippen LogP) is -0.144. The number of nitrogens with zero attached hydrogens (tertiary/aromatic N) is 2. The molecule has 2 rings (SSSR count). The van der Waals surface area contributed by atoms with Crippen LogP contribution in [0.2, 0.25) is 0 Å². The third kappa shape index (κ3) is 3.27. The van der Waals surface area contributed by atoms with Crippen LogP contribution in [0.4, 0.5) is 0 Å². The van der Waals surface area contributed by atoms with E-state index in [2.05, 4.69) is 25.3 Å². The van der Waals surface area contributed by atoms with E-state index in [0.29, 0.717) is 6.54 Å². The molecular weight excluding hydrogens is 234 g/mol. The Hall–Kier alpha value is -2.44. The van der Waals surface area contributed by atoms with Crippen molar-refractivity contribution in [2.75, 3.05) is 6.54 Å². The second-order valence-electron chi connectivity index (χ2n) is 3.69. The zero-order valence-corrected chi connectivity index (χ0v) is 9.64. The highest BCUT2D eigenvalue weighted by atomic mass is 16.2. The van der Waals surface area contributed by atoms with Gasteiger partial charge in [0.05, 0.1) is 6.20 Å². The number of aromatic nitrogens is 4. The Labute approximate surface area is 103 Å². The molecule has 0 saturated carbocycles. The monoisotopic (exact) mass is 247 g/mol. The van der Waals surface area contributed by atoms with Crippen LogP contribution in [0.5, 0.6) is 0 Å². The first-order valence-electron chi connectivity index (χ1n) is 5.57. The predicted molar refractivity (Wildman–Crippen MR) is 64.1 cm³/mol.